The summed E-state index contributed by atoms with van der Waals surface area (Å²) in [6.07, 6.45) is 1.49. The van der Waals surface area contributed by atoms with E-state index in [1.165, 1.54) is 7.11 Å². The Hall–Kier alpha value is -2.24. The van der Waals surface area contributed by atoms with Crippen molar-refractivity contribution in [3.63, 3.8) is 0 Å². The van der Waals surface area contributed by atoms with Crippen molar-refractivity contribution in [1.82, 2.24) is 4.90 Å². The van der Waals surface area contributed by atoms with Crippen molar-refractivity contribution in [2.75, 3.05) is 31.2 Å². The first kappa shape index (κ1) is 15.2. The first-order chi connectivity index (χ1) is 10.0. The van der Waals surface area contributed by atoms with Crippen LogP contribution in [0.4, 0.5) is 11.4 Å². The Bertz CT molecular complexity index is 545. The first-order valence-electron chi connectivity index (χ1n) is 7.04. The Kier molecular flexibility index (Phi) is 4.67. The maximum Gasteiger partial charge on any atom is 0.244 e. The van der Waals surface area contributed by atoms with Gasteiger partial charge in [0.05, 0.1) is 19.3 Å². The normalized spacial score (nSPS) is 17.9. The molecule has 0 saturated carbocycles. The molecule has 0 spiro atoms. The summed E-state index contributed by atoms with van der Waals surface area (Å²) in [4.78, 5) is 25.5. The topological polar surface area (TPSA) is 84.7 Å². The Morgan fingerprint density at radius 3 is 2.90 bits per heavy atom. The van der Waals surface area contributed by atoms with Gasteiger partial charge >= 0.3 is 0 Å². The molecule has 0 aliphatic carbocycles. The van der Waals surface area contributed by atoms with Crippen LogP contribution in [-0.4, -0.2) is 36.9 Å². The van der Waals surface area contributed by atoms with E-state index in [1.54, 1.807) is 23.1 Å². The van der Waals surface area contributed by atoms with Crippen molar-refractivity contribution in [2.45, 2.75) is 19.8 Å². The van der Waals surface area contributed by atoms with Gasteiger partial charge in [-0.25, -0.2) is 0 Å². The fraction of sp³-hybridized carbons (Fsp3) is 0.467. The number of hydrogen-bond donors (Lipinski definition) is 2. The van der Waals surface area contributed by atoms with Crippen LogP contribution in [0.1, 0.15) is 19.8 Å². The number of nitrogen functional groups attached to an aromatic ring is 1. The Labute approximate surface area is 124 Å². The highest BCUT2D eigenvalue weighted by atomic mass is 16.5. The third kappa shape index (κ3) is 3.65. The molecule has 2 amide bonds. The molecule has 2 rings (SSSR count). The summed E-state index contributed by atoms with van der Waals surface area (Å²) < 4.78 is 5.18. The van der Waals surface area contributed by atoms with E-state index >= 15 is 0 Å². The smallest absolute Gasteiger partial charge is 0.244 e. The summed E-state index contributed by atoms with van der Waals surface area (Å²) in [5, 5.41) is 2.76. The molecule has 1 atom stereocenters. The summed E-state index contributed by atoms with van der Waals surface area (Å²) in [5.74, 6) is 0.670. The van der Waals surface area contributed by atoms with Crippen LogP contribution >= 0.6 is 0 Å². The van der Waals surface area contributed by atoms with E-state index in [4.69, 9.17) is 10.5 Å². The van der Waals surface area contributed by atoms with E-state index in [9.17, 15) is 9.59 Å². The lowest BCUT2D eigenvalue weighted by Crippen LogP contribution is -2.34. The van der Waals surface area contributed by atoms with Gasteiger partial charge in [0.2, 0.25) is 11.8 Å². The van der Waals surface area contributed by atoms with Crippen molar-refractivity contribution in [1.29, 1.82) is 0 Å². The quantitative estimate of drug-likeness (QED) is 0.805. The second-order valence-corrected chi connectivity index (χ2v) is 5.26. The number of carbonyl (C=O) groups excluding carboxylic acids is 2. The second-order valence-electron chi connectivity index (χ2n) is 5.26. The molecule has 1 aliphatic heterocycles. The molecule has 6 nitrogen and oxygen atoms in total. The maximum atomic E-state index is 12.1. The molecule has 114 valence electrons. The summed E-state index contributed by atoms with van der Waals surface area (Å²) in [7, 11) is 1.51. The number of carbonyl (C=O) groups is 2. The number of hydrogen-bond acceptors (Lipinski definition) is 4. The van der Waals surface area contributed by atoms with Gasteiger partial charge in [0, 0.05) is 24.7 Å². The summed E-state index contributed by atoms with van der Waals surface area (Å²) in [6, 6.07) is 5.02. The van der Waals surface area contributed by atoms with Crippen molar-refractivity contribution in [3.05, 3.63) is 18.2 Å². The lowest BCUT2D eigenvalue weighted by molar-refractivity contribution is -0.131. The van der Waals surface area contributed by atoms with Crippen LogP contribution in [-0.2, 0) is 9.59 Å². The Balaban J connectivity index is 1.98. The second kappa shape index (κ2) is 6.47. The largest absolute Gasteiger partial charge is 0.494 e. The number of ether oxygens (including phenoxy) is 1. The highest BCUT2D eigenvalue weighted by Gasteiger charge is 2.29. The van der Waals surface area contributed by atoms with E-state index in [0.29, 0.717) is 36.0 Å². The van der Waals surface area contributed by atoms with Gasteiger partial charge in [0.15, 0.2) is 0 Å². The molecule has 0 radical (unpaired) electrons. The Morgan fingerprint density at radius 1 is 1.52 bits per heavy atom. The number of nitrogens with zero attached hydrogens (tertiary/aromatic N) is 1. The molecule has 1 aliphatic rings. The number of methoxy groups -OCH3 is 1. The number of nitrogens with two attached hydrogens (primary N) is 1. The molecule has 1 heterocycles. The van der Waals surface area contributed by atoms with Crippen LogP contribution < -0.4 is 15.8 Å². The SMILES string of the molecule is CCC1CC(=O)N(CC(=O)Nc2ccc(N)cc2OC)C1. The molecule has 1 aromatic rings. The summed E-state index contributed by atoms with van der Waals surface area (Å²) in [5.41, 5.74) is 6.78. The predicted octanol–water partition coefficient (Wildman–Crippen LogP) is 1.47. The third-order valence-corrected chi connectivity index (χ3v) is 3.71. The lowest BCUT2D eigenvalue weighted by Gasteiger charge is -2.17. The van der Waals surface area contributed by atoms with Gasteiger partial charge in [-0.15, -0.1) is 0 Å². The minimum Gasteiger partial charge on any atom is -0.494 e. The van der Waals surface area contributed by atoms with Gasteiger partial charge in [-0.3, -0.25) is 9.59 Å². The van der Waals surface area contributed by atoms with Gasteiger partial charge < -0.3 is 20.7 Å². The fourth-order valence-corrected chi connectivity index (χ4v) is 2.45. The van der Waals surface area contributed by atoms with Crippen LogP contribution in [0.25, 0.3) is 0 Å². The van der Waals surface area contributed by atoms with Crippen LogP contribution in [0.5, 0.6) is 5.75 Å². The van der Waals surface area contributed by atoms with Crippen LogP contribution in [0, 0.1) is 5.92 Å². The van der Waals surface area contributed by atoms with E-state index in [1.807, 2.05) is 0 Å². The Morgan fingerprint density at radius 2 is 2.29 bits per heavy atom. The van der Waals surface area contributed by atoms with Gasteiger partial charge in [-0.2, -0.15) is 0 Å². The van der Waals surface area contributed by atoms with Crippen molar-refractivity contribution < 1.29 is 14.3 Å². The van der Waals surface area contributed by atoms with Crippen molar-refractivity contribution >= 4 is 23.2 Å². The number of benzene rings is 1. The van der Waals surface area contributed by atoms with E-state index in [0.717, 1.165) is 6.42 Å². The molecule has 1 unspecified atom stereocenters. The summed E-state index contributed by atoms with van der Waals surface area (Å²) >= 11 is 0. The fourth-order valence-electron chi connectivity index (χ4n) is 2.45. The van der Waals surface area contributed by atoms with E-state index in [-0.39, 0.29) is 18.4 Å². The van der Waals surface area contributed by atoms with Crippen LogP contribution in [0.3, 0.4) is 0 Å². The molecule has 0 aromatic heterocycles. The molecule has 0 bridgehead atoms. The van der Waals surface area contributed by atoms with Gasteiger partial charge in [0.1, 0.15) is 5.75 Å². The molecule has 1 saturated heterocycles. The average Bonchev–Trinajstić information content (AvgIpc) is 2.81. The van der Waals surface area contributed by atoms with Crippen molar-refractivity contribution in [3.8, 4) is 5.75 Å². The van der Waals surface area contributed by atoms with Gasteiger partial charge in [-0.05, 0) is 18.1 Å². The van der Waals surface area contributed by atoms with Gasteiger partial charge in [-0.1, -0.05) is 13.3 Å². The monoisotopic (exact) mass is 291 g/mol. The third-order valence-electron chi connectivity index (χ3n) is 3.71. The molecular weight excluding hydrogens is 270 g/mol. The average molecular weight is 291 g/mol. The number of rotatable bonds is 5. The van der Waals surface area contributed by atoms with Crippen LogP contribution in [0.15, 0.2) is 18.2 Å². The number of likely N-dealkylation sites (tertiary alicyclic amines) is 1. The zero-order valence-electron chi connectivity index (χ0n) is 12.4. The predicted molar refractivity (Wildman–Crippen MR) is 81.0 cm³/mol. The van der Waals surface area contributed by atoms with Crippen molar-refractivity contribution in [2.24, 2.45) is 5.92 Å². The molecule has 1 aromatic carbocycles. The highest BCUT2D eigenvalue weighted by molar-refractivity contribution is 5.96. The standard InChI is InChI=1S/C15H21N3O3/c1-3-10-6-15(20)18(8-10)9-14(19)17-12-5-4-11(16)7-13(12)21-2/h4-5,7,10H,3,6,8-9,16H2,1-2H3,(H,17,19). The van der Waals surface area contributed by atoms with E-state index < -0.39 is 0 Å². The molecule has 1 fully saturated rings. The van der Waals surface area contributed by atoms with Crippen LogP contribution in [0.2, 0.25) is 0 Å². The number of nitrogens with one attached hydrogen (secondary N) is 1. The molecular formula is C15H21N3O3. The number of anilines is 2. The lowest BCUT2D eigenvalue weighted by atomic mass is 10.1. The maximum absolute atomic E-state index is 12.1. The highest BCUT2D eigenvalue weighted by Crippen LogP contribution is 2.27. The zero-order chi connectivity index (χ0) is 15.4. The van der Waals surface area contributed by atoms with E-state index in [2.05, 4.69) is 12.2 Å². The molecule has 6 heteroatoms. The minimum atomic E-state index is -0.233. The first-order valence-corrected chi connectivity index (χ1v) is 7.04. The molecule has 21 heavy (non-hydrogen) atoms. The summed E-state index contributed by atoms with van der Waals surface area (Å²) in [6.45, 7) is 2.78. The number of amides is 2. The van der Waals surface area contributed by atoms with Gasteiger partial charge in [0.25, 0.3) is 0 Å². The molecule has 3 N–H and O–H groups in total. The zero-order valence-corrected chi connectivity index (χ0v) is 12.4. The minimum absolute atomic E-state index is 0.0428.